The molecule has 0 radical (unpaired) electrons. The Bertz CT molecular complexity index is 546. The average Bonchev–Trinajstić information content (AvgIpc) is 2.93. The van der Waals surface area contributed by atoms with Crippen LogP contribution in [0.3, 0.4) is 0 Å². The molecule has 0 bridgehead atoms. The molecule has 1 unspecified atom stereocenters. The minimum atomic E-state index is -4.59. The number of alkyl halides is 3. The fraction of sp³-hybridized carbons (Fsp3) is 0.462. The Labute approximate surface area is 119 Å². The minimum absolute atomic E-state index is 0.0695. The molecule has 1 heterocycles. The summed E-state index contributed by atoms with van der Waals surface area (Å²) >= 11 is 0. The van der Waals surface area contributed by atoms with E-state index < -0.39 is 17.6 Å². The van der Waals surface area contributed by atoms with E-state index in [-0.39, 0.29) is 18.2 Å². The third-order valence-corrected chi connectivity index (χ3v) is 3.61. The maximum absolute atomic E-state index is 13.0. The Morgan fingerprint density at radius 2 is 2.14 bits per heavy atom. The van der Waals surface area contributed by atoms with Gasteiger partial charge >= 0.3 is 6.18 Å². The van der Waals surface area contributed by atoms with Gasteiger partial charge in [-0.25, -0.2) is 0 Å². The molecule has 1 saturated heterocycles. The first-order chi connectivity index (χ1) is 9.88. The molecular formula is C13H16F3N3O2. The van der Waals surface area contributed by atoms with E-state index in [0.29, 0.717) is 12.2 Å². The van der Waals surface area contributed by atoms with Crippen molar-refractivity contribution in [2.45, 2.75) is 25.1 Å². The van der Waals surface area contributed by atoms with Gasteiger partial charge in [-0.3, -0.25) is 0 Å². The number of nitrogens with two attached hydrogens (primary N) is 1. The molecule has 1 aromatic rings. The van der Waals surface area contributed by atoms with Gasteiger partial charge in [-0.2, -0.15) is 13.2 Å². The maximum Gasteiger partial charge on any atom is 0.417 e. The zero-order valence-corrected chi connectivity index (χ0v) is 11.1. The van der Waals surface area contributed by atoms with Crippen molar-refractivity contribution in [1.29, 1.82) is 0 Å². The molecule has 0 aromatic heterocycles. The summed E-state index contributed by atoms with van der Waals surface area (Å²) < 4.78 is 38.9. The first kappa shape index (κ1) is 15.4. The predicted molar refractivity (Wildman–Crippen MR) is 71.4 cm³/mol. The number of halogens is 3. The largest absolute Gasteiger partial charge is 0.417 e. The highest BCUT2D eigenvalue weighted by molar-refractivity contribution is 5.99. The second-order valence-electron chi connectivity index (χ2n) is 4.88. The van der Waals surface area contributed by atoms with Crippen LogP contribution in [0.25, 0.3) is 0 Å². The van der Waals surface area contributed by atoms with Gasteiger partial charge in [-0.05, 0) is 31.0 Å². The van der Waals surface area contributed by atoms with Crippen LogP contribution >= 0.6 is 0 Å². The van der Waals surface area contributed by atoms with Gasteiger partial charge < -0.3 is 20.9 Å². The van der Waals surface area contributed by atoms with Crippen molar-refractivity contribution in [2.75, 3.05) is 18.1 Å². The van der Waals surface area contributed by atoms with Crippen molar-refractivity contribution in [3.8, 4) is 0 Å². The molecule has 21 heavy (non-hydrogen) atoms. The van der Waals surface area contributed by atoms with E-state index in [1.807, 2.05) is 4.90 Å². The highest BCUT2D eigenvalue weighted by Gasteiger charge is 2.35. The van der Waals surface area contributed by atoms with Crippen LogP contribution in [0.2, 0.25) is 0 Å². The van der Waals surface area contributed by atoms with Gasteiger partial charge in [-0.1, -0.05) is 5.16 Å². The van der Waals surface area contributed by atoms with E-state index in [9.17, 15) is 18.3 Å². The topological polar surface area (TPSA) is 82.1 Å². The molecule has 1 atom stereocenters. The fourth-order valence-corrected chi connectivity index (χ4v) is 2.59. The molecule has 0 amide bonds. The minimum Gasteiger partial charge on any atom is -0.409 e. The number of hydrogen-bond acceptors (Lipinski definition) is 4. The second-order valence-corrected chi connectivity index (χ2v) is 4.88. The van der Waals surface area contributed by atoms with Crippen molar-refractivity contribution >= 4 is 11.5 Å². The predicted octanol–water partition coefficient (Wildman–Crippen LogP) is 1.76. The molecule has 0 aliphatic carbocycles. The van der Waals surface area contributed by atoms with Gasteiger partial charge in [0.05, 0.1) is 18.2 Å². The standard InChI is InChI=1S/C13H16F3N3O2/c14-13(15,16)11-4-3-8(6-10(11)12(17)18-21)19-5-1-2-9(19)7-20/h3-4,6,9,20-21H,1-2,5,7H2,(H2,17,18). The van der Waals surface area contributed by atoms with Crippen LogP contribution in [0.4, 0.5) is 18.9 Å². The van der Waals surface area contributed by atoms with Gasteiger partial charge in [0, 0.05) is 17.8 Å². The molecule has 116 valence electrons. The van der Waals surface area contributed by atoms with E-state index in [4.69, 9.17) is 10.9 Å². The quantitative estimate of drug-likeness (QED) is 0.344. The molecule has 2 rings (SSSR count). The van der Waals surface area contributed by atoms with Gasteiger partial charge in [-0.15, -0.1) is 0 Å². The lowest BCUT2D eigenvalue weighted by Crippen LogP contribution is -2.32. The van der Waals surface area contributed by atoms with Crippen LogP contribution in [-0.4, -0.2) is 35.3 Å². The SMILES string of the molecule is N/C(=N/O)c1cc(N2CCCC2CO)ccc1C(F)(F)F. The van der Waals surface area contributed by atoms with Crippen LogP contribution < -0.4 is 10.6 Å². The zero-order valence-electron chi connectivity index (χ0n) is 11.1. The van der Waals surface area contributed by atoms with Crippen LogP contribution in [0.5, 0.6) is 0 Å². The number of aliphatic hydroxyl groups excluding tert-OH is 1. The van der Waals surface area contributed by atoms with Gasteiger partial charge in [0.1, 0.15) is 0 Å². The van der Waals surface area contributed by atoms with E-state index in [1.54, 1.807) is 0 Å². The number of oxime groups is 1. The summed E-state index contributed by atoms with van der Waals surface area (Å²) in [5, 5.41) is 20.6. The molecule has 1 aliphatic heterocycles. The van der Waals surface area contributed by atoms with Crippen LogP contribution in [0, 0.1) is 0 Å². The lowest BCUT2D eigenvalue weighted by molar-refractivity contribution is -0.137. The normalized spacial score (nSPS) is 20.1. The Hall–Kier alpha value is -1.96. The molecule has 8 heteroatoms. The number of anilines is 1. The molecular weight excluding hydrogens is 287 g/mol. The third-order valence-electron chi connectivity index (χ3n) is 3.61. The lowest BCUT2D eigenvalue weighted by Gasteiger charge is -2.26. The monoisotopic (exact) mass is 303 g/mol. The Morgan fingerprint density at radius 1 is 1.43 bits per heavy atom. The first-order valence-electron chi connectivity index (χ1n) is 6.45. The molecule has 1 aromatic carbocycles. The van der Waals surface area contributed by atoms with Crippen LogP contribution in [0.15, 0.2) is 23.4 Å². The number of hydrogen-bond donors (Lipinski definition) is 3. The summed E-state index contributed by atoms with van der Waals surface area (Å²) in [5.41, 5.74) is 4.55. The number of rotatable bonds is 3. The van der Waals surface area contributed by atoms with Crippen molar-refractivity contribution in [1.82, 2.24) is 0 Å². The smallest absolute Gasteiger partial charge is 0.409 e. The highest BCUT2D eigenvalue weighted by atomic mass is 19.4. The molecule has 4 N–H and O–H groups in total. The molecule has 1 fully saturated rings. The Balaban J connectivity index is 2.47. The average molecular weight is 303 g/mol. The summed E-state index contributed by atoms with van der Waals surface area (Å²) in [6, 6.07) is 3.37. The van der Waals surface area contributed by atoms with Gasteiger partial charge in [0.2, 0.25) is 0 Å². The third kappa shape index (κ3) is 3.05. The number of nitrogens with zero attached hydrogens (tertiary/aromatic N) is 2. The lowest BCUT2D eigenvalue weighted by atomic mass is 10.0. The molecule has 5 nitrogen and oxygen atoms in total. The zero-order chi connectivity index (χ0) is 15.6. The van der Waals surface area contributed by atoms with Crippen LogP contribution in [0.1, 0.15) is 24.0 Å². The number of benzene rings is 1. The maximum atomic E-state index is 13.0. The van der Waals surface area contributed by atoms with Crippen molar-refractivity contribution in [2.24, 2.45) is 10.9 Å². The molecule has 0 spiro atoms. The Kier molecular flexibility index (Phi) is 4.26. The number of aliphatic hydroxyl groups is 1. The summed E-state index contributed by atoms with van der Waals surface area (Å²) in [7, 11) is 0. The highest BCUT2D eigenvalue weighted by Crippen LogP contribution is 2.35. The van der Waals surface area contributed by atoms with Gasteiger partial charge in [0.25, 0.3) is 0 Å². The van der Waals surface area contributed by atoms with E-state index >= 15 is 0 Å². The van der Waals surface area contributed by atoms with Gasteiger partial charge in [0.15, 0.2) is 5.84 Å². The van der Waals surface area contributed by atoms with E-state index in [2.05, 4.69) is 5.16 Å². The second kappa shape index (κ2) is 5.80. The van der Waals surface area contributed by atoms with Crippen molar-refractivity contribution in [3.05, 3.63) is 29.3 Å². The molecule has 0 saturated carbocycles. The summed E-state index contributed by atoms with van der Waals surface area (Å²) in [4.78, 5) is 1.83. The Morgan fingerprint density at radius 3 is 2.71 bits per heavy atom. The number of amidine groups is 1. The summed E-state index contributed by atoms with van der Waals surface area (Å²) in [5.74, 6) is -0.594. The van der Waals surface area contributed by atoms with Crippen molar-refractivity contribution in [3.63, 3.8) is 0 Å². The first-order valence-corrected chi connectivity index (χ1v) is 6.45. The van der Waals surface area contributed by atoms with Crippen molar-refractivity contribution < 1.29 is 23.5 Å². The summed E-state index contributed by atoms with van der Waals surface area (Å²) in [6.07, 6.45) is -2.97. The fourth-order valence-electron chi connectivity index (χ4n) is 2.59. The summed E-state index contributed by atoms with van der Waals surface area (Å²) in [6.45, 7) is 0.576. The van der Waals surface area contributed by atoms with E-state index in [0.717, 1.165) is 18.9 Å². The molecule has 1 aliphatic rings. The van der Waals surface area contributed by atoms with Crippen LogP contribution in [-0.2, 0) is 6.18 Å². The van der Waals surface area contributed by atoms with E-state index in [1.165, 1.54) is 12.1 Å².